The molecule has 0 amide bonds. The molecule has 3 unspecified atom stereocenters. The molecule has 1 heteroatoms. The number of Topliss-reactive ketones (excluding diaryl/α,β-unsaturated/α-hetero) is 1. The van der Waals surface area contributed by atoms with Gasteiger partial charge >= 0.3 is 0 Å². The average Bonchev–Trinajstić information content (AvgIpc) is 2.15. The Morgan fingerprint density at radius 2 is 2.00 bits per heavy atom. The zero-order valence-electron chi connectivity index (χ0n) is 11.0. The Morgan fingerprint density at radius 3 is 2.56 bits per heavy atom. The Hall–Kier alpha value is -0.590. The standard InChI is InChI=1S/C15H24O/c1-11-7-9-15(13(16)10-11)12(2)6-5-8-14(15,3)4/h5-6,11-12H,7-10H2,1-4H3. The quantitative estimate of drug-likeness (QED) is 0.564. The third kappa shape index (κ3) is 1.48. The van der Waals surface area contributed by atoms with Gasteiger partial charge in [-0.1, -0.05) is 39.8 Å². The van der Waals surface area contributed by atoms with E-state index in [9.17, 15) is 4.79 Å². The van der Waals surface area contributed by atoms with Gasteiger partial charge in [-0.15, -0.1) is 0 Å². The van der Waals surface area contributed by atoms with Crippen LogP contribution >= 0.6 is 0 Å². The summed E-state index contributed by atoms with van der Waals surface area (Å²) in [4.78, 5) is 12.6. The number of carbonyl (C=O) groups is 1. The van der Waals surface area contributed by atoms with Crippen LogP contribution in [0.25, 0.3) is 0 Å². The van der Waals surface area contributed by atoms with Crippen molar-refractivity contribution in [3.05, 3.63) is 12.2 Å². The minimum Gasteiger partial charge on any atom is -0.299 e. The van der Waals surface area contributed by atoms with Crippen LogP contribution in [0.4, 0.5) is 0 Å². The summed E-state index contributed by atoms with van der Waals surface area (Å²) in [6.07, 6.45) is 8.68. The summed E-state index contributed by atoms with van der Waals surface area (Å²) in [6, 6.07) is 0. The predicted octanol–water partition coefficient (Wildman–Crippen LogP) is 3.98. The highest BCUT2D eigenvalue weighted by Gasteiger charge is 2.55. The number of hydrogen-bond donors (Lipinski definition) is 0. The fraction of sp³-hybridized carbons (Fsp3) is 0.800. The van der Waals surface area contributed by atoms with Crippen molar-refractivity contribution in [2.24, 2.45) is 22.7 Å². The van der Waals surface area contributed by atoms with Crippen LogP contribution in [0.3, 0.4) is 0 Å². The molecular formula is C15H24O. The number of carbonyl (C=O) groups excluding carboxylic acids is 1. The van der Waals surface area contributed by atoms with Crippen molar-refractivity contribution < 1.29 is 4.79 Å². The number of rotatable bonds is 0. The Morgan fingerprint density at radius 1 is 1.31 bits per heavy atom. The maximum atomic E-state index is 12.6. The number of hydrogen-bond acceptors (Lipinski definition) is 1. The molecule has 2 aliphatic carbocycles. The molecule has 0 aromatic carbocycles. The number of ketones is 1. The molecule has 1 nitrogen and oxygen atoms in total. The van der Waals surface area contributed by atoms with Crippen molar-refractivity contribution in [1.82, 2.24) is 0 Å². The largest absolute Gasteiger partial charge is 0.299 e. The maximum Gasteiger partial charge on any atom is 0.140 e. The highest BCUT2D eigenvalue weighted by molar-refractivity contribution is 5.87. The van der Waals surface area contributed by atoms with Crippen LogP contribution in [0, 0.1) is 22.7 Å². The molecule has 3 atom stereocenters. The van der Waals surface area contributed by atoms with Gasteiger partial charge in [0.05, 0.1) is 0 Å². The van der Waals surface area contributed by atoms with Crippen molar-refractivity contribution in [2.45, 2.75) is 53.4 Å². The van der Waals surface area contributed by atoms with Crippen LogP contribution in [-0.2, 0) is 4.79 Å². The van der Waals surface area contributed by atoms with Gasteiger partial charge in [0.1, 0.15) is 5.78 Å². The summed E-state index contributed by atoms with van der Waals surface area (Å²) < 4.78 is 0. The molecule has 0 N–H and O–H groups in total. The zero-order valence-corrected chi connectivity index (χ0v) is 11.0. The van der Waals surface area contributed by atoms with Crippen LogP contribution in [-0.4, -0.2) is 5.78 Å². The molecule has 0 aromatic rings. The fourth-order valence-corrected chi connectivity index (χ4v) is 3.94. The van der Waals surface area contributed by atoms with Gasteiger partial charge in [-0.2, -0.15) is 0 Å². The topological polar surface area (TPSA) is 17.1 Å². The minimum absolute atomic E-state index is 0.0751. The third-order valence-electron chi connectivity index (χ3n) is 5.10. The molecule has 1 saturated carbocycles. The molecule has 0 aliphatic heterocycles. The first-order valence-corrected chi connectivity index (χ1v) is 6.60. The van der Waals surface area contributed by atoms with E-state index in [1.807, 2.05) is 0 Å². The Balaban J connectivity index is 2.41. The SMILES string of the molecule is CC1CCC2(C(=O)C1)C(C)C=CCC2(C)C. The molecule has 0 radical (unpaired) electrons. The van der Waals surface area contributed by atoms with Gasteiger partial charge in [-0.3, -0.25) is 4.79 Å². The molecule has 0 saturated heterocycles. The third-order valence-corrected chi connectivity index (χ3v) is 5.10. The van der Waals surface area contributed by atoms with E-state index in [4.69, 9.17) is 0 Å². The van der Waals surface area contributed by atoms with E-state index in [0.717, 1.165) is 19.3 Å². The van der Waals surface area contributed by atoms with E-state index in [1.54, 1.807) is 0 Å². The Bertz CT molecular complexity index is 326. The van der Waals surface area contributed by atoms with Crippen LogP contribution in [0.2, 0.25) is 0 Å². The highest BCUT2D eigenvalue weighted by Crippen LogP contribution is 2.57. The second-order valence-electron chi connectivity index (χ2n) is 6.55. The minimum atomic E-state index is -0.0751. The summed E-state index contributed by atoms with van der Waals surface area (Å²) in [6.45, 7) is 8.99. The lowest BCUT2D eigenvalue weighted by Gasteiger charge is -2.53. The van der Waals surface area contributed by atoms with Gasteiger partial charge in [-0.05, 0) is 36.5 Å². The first-order chi connectivity index (χ1) is 7.40. The van der Waals surface area contributed by atoms with Gasteiger partial charge in [0.25, 0.3) is 0 Å². The smallest absolute Gasteiger partial charge is 0.140 e. The van der Waals surface area contributed by atoms with Crippen molar-refractivity contribution in [3.63, 3.8) is 0 Å². The molecular weight excluding hydrogens is 196 g/mol. The first kappa shape index (κ1) is 11.9. The van der Waals surface area contributed by atoms with E-state index in [2.05, 4.69) is 39.8 Å². The summed E-state index contributed by atoms with van der Waals surface area (Å²) in [5.41, 5.74) is 0.0622. The van der Waals surface area contributed by atoms with Crippen molar-refractivity contribution in [3.8, 4) is 0 Å². The fourth-order valence-electron chi connectivity index (χ4n) is 3.94. The lowest BCUT2D eigenvalue weighted by molar-refractivity contribution is -0.146. The van der Waals surface area contributed by atoms with Crippen molar-refractivity contribution >= 4 is 5.78 Å². The van der Waals surface area contributed by atoms with E-state index in [1.165, 1.54) is 6.42 Å². The van der Waals surface area contributed by atoms with Crippen LogP contribution in [0.5, 0.6) is 0 Å². The maximum absolute atomic E-state index is 12.6. The van der Waals surface area contributed by atoms with Gasteiger partial charge < -0.3 is 0 Å². The molecule has 2 rings (SSSR count). The van der Waals surface area contributed by atoms with Crippen LogP contribution < -0.4 is 0 Å². The predicted molar refractivity (Wildman–Crippen MR) is 67.2 cm³/mol. The lowest BCUT2D eigenvalue weighted by Crippen LogP contribution is -2.52. The van der Waals surface area contributed by atoms with E-state index in [-0.39, 0.29) is 10.8 Å². The van der Waals surface area contributed by atoms with Gasteiger partial charge in [-0.25, -0.2) is 0 Å². The summed E-state index contributed by atoms with van der Waals surface area (Å²) in [5.74, 6) is 1.52. The Labute approximate surface area is 99.3 Å². The monoisotopic (exact) mass is 220 g/mol. The van der Waals surface area contributed by atoms with E-state index >= 15 is 0 Å². The van der Waals surface area contributed by atoms with Crippen molar-refractivity contribution in [2.75, 3.05) is 0 Å². The Kier molecular flexibility index (Phi) is 2.76. The van der Waals surface area contributed by atoms with Crippen LogP contribution in [0.1, 0.15) is 53.4 Å². The second kappa shape index (κ2) is 3.72. The summed E-state index contributed by atoms with van der Waals surface area (Å²) >= 11 is 0. The lowest BCUT2D eigenvalue weighted by atomic mass is 9.49. The molecule has 1 spiro atoms. The molecule has 0 aromatic heterocycles. The van der Waals surface area contributed by atoms with E-state index < -0.39 is 0 Å². The molecule has 0 heterocycles. The van der Waals surface area contributed by atoms with Gasteiger partial charge in [0.2, 0.25) is 0 Å². The highest BCUT2D eigenvalue weighted by atomic mass is 16.1. The van der Waals surface area contributed by atoms with Gasteiger partial charge in [0.15, 0.2) is 0 Å². The average molecular weight is 220 g/mol. The molecule has 1 fully saturated rings. The second-order valence-corrected chi connectivity index (χ2v) is 6.55. The molecule has 0 bridgehead atoms. The van der Waals surface area contributed by atoms with E-state index in [0.29, 0.717) is 17.6 Å². The number of allylic oxidation sites excluding steroid dienone is 2. The van der Waals surface area contributed by atoms with Gasteiger partial charge in [0, 0.05) is 11.8 Å². The van der Waals surface area contributed by atoms with Crippen LogP contribution in [0.15, 0.2) is 12.2 Å². The molecule has 90 valence electrons. The first-order valence-electron chi connectivity index (χ1n) is 6.60. The zero-order chi connectivity index (χ0) is 12.0. The summed E-state index contributed by atoms with van der Waals surface area (Å²) in [5, 5.41) is 0. The summed E-state index contributed by atoms with van der Waals surface area (Å²) in [7, 11) is 0. The van der Waals surface area contributed by atoms with Crippen molar-refractivity contribution in [1.29, 1.82) is 0 Å². The normalized spacial score (nSPS) is 42.6. The molecule has 16 heavy (non-hydrogen) atoms. The molecule has 2 aliphatic rings.